The van der Waals surface area contributed by atoms with Crippen molar-refractivity contribution < 1.29 is 4.79 Å². The van der Waals surface area contributed by atoms with Crippen molar-refractivity contribution in [3.8, 4) is 12.0 Å². The first-order valence-corrected chi connectivity index (χ1v) is 7.60. The van der Waals surface area contributed by atoms with Crippen molar-refractivity contribution >= 4 is 23.2 Å². The Hall–Kier alpha value is -2.64. The minimum absolute atomic E-state index is 0.110. The SMILES string of the molecule is CN1/C(=C(/C#CN)C(=O)c2ccccc2)Sc2ccccc21. The van der Waals surface area contributed by atoms with Gasteiger partial charge in [0.2, 0.25) is 5.78 Å². The van der Waals surface area contributed by atoms with E-state index in [0.717, 1.165) is 15.6 Å². The van der Waals surface area contributed by atoms with E-state index in [1.807, 2.05) is 54.4 Å². The number of carbonyl (C=O) groups is 1. The van der Waals surface area contributed by atoms with Crippen molar-refractivity contribution in [3.05, 3.63) is 70.8 Å². The van der Waals surface area contributed by atoms with Crippen LogP contribution >= 0.6 is 11.8 Å². The van der Waals surface area contributed by atoms with E-state index < -0.39 is 0 Å². The first-order chi connectivity index (χ1) is 10.7. The lowest BCUT2D eigenvalue weighted by Crippen LogP contribution is -2.15. The molecule has 0 atom stereocenters. The minimum atomic E-state index is -0.110. The molecule has 2 aromatic carbocycles. The third-order valence-electron chi connectivity index (χ3n) is 3.41. The molecule has 1 aliphatic rings. The summed E-state index contributed by atoms with van der Waals surface area (Å²) >= 11 is 1.54. The normalized spacial score (nSPS) is 14.9. The van der Waals surface area contributed by atoms with Gasteiger partial charge in [0.1, 0.15) is 5.57 Å². The number of benzene rings is 2. The molecule has 2 aromatic rings. The van der Waals surface area contributed by atoms with Gasteiger partial charge in [-0.05, 0) is 18.1 Å². The van der Waals surface area contributed by atoms with Crippen molar-refractivity contribution in [1.82, 2.24) is 0 Å². The van der Waals surface area contributed by atoms with Gasteiger partial charge in [-0.15, -0.1) is 0 Å². The summed E-state index contributed by atoms with van der Waals surface area (Å²) in [4.78, 5) is 15.9. The summed E-state index contributed by atoms with van der Waals surface area (Å²) in [6, 6.07) is 19.5. The van der Waals surface area contributed by atoms with Crippen molar-refractivity contribution in [2.24, 2.45) is 5.73 Å². The Morgan fingerprint density at radius 1 is 1.09 bits per heavy atom. The minimum Gasteiger partial charge on any atom is -0.359 e. The second-order valence-electron chi connectivity index (χ2n) is 4.77. The molecule has 108 valence electrons. The van der Waals surface area contributed by atoms with E-state index in [2.05, 4.69) is 12.0 Å². The van der Waals surface area contributed by atoms with E-state index in [4.69, 9.17) is 5.73 Å². The lowest BCUT2D eigenvalue weighted by atomic mass is 10.0. The van der Waals surface area contributed by atoms with Crippen LogP contribution < -0.4 is 10.6 Å². The van der Waals surface area contributed by atoms with E-state index in [0.29, 0.717) is 11.1 Å². The topological polar surface area (TPSA) is 46.3 Å². The Kier molecular flexibility index (Phi) is 3.90. The van der Waals surface area contributed by atoms with Gasteiger partial charge in [0.25, 0.3) is 0 Å². The highest BCUT2D eigenvalue weighted by atomic mass is 32.2. The van der Waals surface area contributed by atoms with Gasteiger partial charge in [0.15, 0.2) is 0 Å². The van der Waals surface area contributed by atoms with E-state index in [1.165, 1.54) is 0 Å². The maximum absolute atomic E-state index is 12.8. The number of allylic oxidation sites excluding steroid dienone is 1. The number of carbonyl (C=O) groups excluding carboxylic acids is 1. The van der Waals surface area contributed by atoms with Crippen LogP contribution in [0.5, 0.6) is 0 Å². The summed E-state index contributed by atoms with van der Waals surface area (Å²) in [6.07, 6.45) is 0. The van der Waals surface area contributed by atoms with Crippen molar-refractivity contribution in [2.75, 3.05) is 11.9 Å². The van der Waals surface area contributed by atoms with Crippen LogP contribution in [-0.4, -0.2) is 12.8 Å². The second kappa shape index (κ2) is 6.00. The molecule has 0 fully saturated rings. The van der Waals surface area contributed by atoms with Crippen LogP contribution in [-0.2, 0) is 0 Å². The van der Waals surface area contributed by atoms with E-state index in [-0.39, 0.29) is 5.78 Å². The lowest BCUT2D eigenvalue weighted by Gasteiger charge is -2.15. The molecular weight excluding hydrogens is 292 g/mol. The van der Waals surface area contributed by atoms with Gasteiger partial charge < -0.3 is 10.6 Å². The molecule has 0 bridgehead atoms. The van der Waals surface area contributed by atoms with E-state index >= 15 is 0 Å². The average molecular weight is 306 g/mol. The molecule has 22 heavy (non-hydrogen) atoms. The number of hydrogen-bond donors (Lipinski definition) is 1. The molecule has 0 aromatic heterocycles. The van der Waals surface area contributed by atoms with Gasteiger partial charge >= 0.3 is 0 Å². The molecule has 1 aliphatic heterocycles. The smallest absolute Gasteiger partial charge is 0.204 e. The predicted molar refractivity (Wildman–Crippen MR) is 90.5 cm³/mol. The largest absolute Gasteiger partial charge is 0.359 e. The predicted octanol–water partition coefficient (Wildman–Crippen LogP) is 3.24. The summed E-state index contributed by atoms with van der Waals surface area (Å²) in [5.74, 6) is 2.67. The number of nitrogens with zero attached hydrogens (tertiary/aromatic N) is 1. The molecule has 0 unspecified atom stereocenters. The molecule has 2 N–H and O–H groups in total. The highest BCUT2D eigenvalue weighted by Crippen LogP contribution is 2.46. The third-order valence-corrected chi connectivity index (χ3v) is 4.65. The van der Waals surface area contributed by atoms with E-state index in [1.54, 1.807) is 23.9 Å². The quantitative estimate of drug-likeness (QED) is 0.400. The molecule has 4 heteroatoms. The van der Waals surface area contributed by atoms with Crippen LogP contribution in [0.3, 0.4) is 0 Å². The van der Waals surface area contributed by atoms with Crippen molar-refractivity contribution in [2.45, 2.75) is 4.90 Å². The molecule has 0 saturated heterocycles. The molecule has 1 heterocycles. The van der Waals surface area contributed by atoms with Gasteiger partial charge in [-0.3, -0.25) is 4.79 Å². The maximum Gasteiger partial charge on any atom is 0.204 e. The van der Waals surface area contributed by atoms with Crippen molar-refractivity contribution in [1.29, 1.82) is 0 Å². The fourth-order valence-corrected chi connectivity index (χ4v) is 3.48. The Morgan fingerprint density at radius 3 is 2.45 bits per heavy atom. The third kappa shape index (κ3) is 2.47. The maximum atomic E-state index is 12.8. The van der Waals surface area contributed by atoms with Crippen LogP contribution in [0.25, 0.3) is 0 Å². The Balaban J connectivity index is 2.09. The standard InChI is InChI=1S/C18H14N2OS/c1-20-15-9-5-6-10-16(15)22-18(20)14(11-12-19)17(21)13-7-3-2-4-8-13/h2-10H,19H2,1H3/b18-14+. The van der Waals surface area contributed by atoms with Gasteiger partial charge in [0, 0.05) is 23.6 Å². The monoisotopic (exact) mass is 306 g/mol. The fourth-order valence-electron chi connectivity index (χ4n) is 2.33. The number of hydrogen-bond acceptors (Lipinski definition) is 4. The van der Waals surface area contributed by atoms with Crippen LogP contribution in [0.4, 0.5) is 5.69 Å². The number of Topliss-reactive ketones (excluding diaryl/α,β-unsaturated/α-hetero) is 1. The van der Waals surface area contributed by atoms with Gasteiger partial charge in [-0.1, -0.05) is 54.2 Å². The summed E-state index contributed by atoms with van der Waals surface area (Å²) in [7, 11) is 1.94. The number of rotatable bonds is 2. The number of nitrogens with two attached hydrogens (primary N) is 1. The Labute approximate surface area is 133 Å². The molecular formula is C18H14N2OS. The van der Waals surface area contributed by atoms with Crippen LogP contribution in [0, 0.1) is 12.0 Å². The fraction of sp³-hybridized carbons (Fsp3) is 0.0556. The zero-order valence-corrected chi connectivity index (χ0v) is 12.9. The van der Waals surface area contributed by atoms with Crippen LogP contribution in [0.1, 0.15) is 10.4 Å². The molecule has 0 radical (unpaired) electrons. The van der Waals surface area contributed by atoms with Crippen LogP contribution in [0.15, 0.2) is 70.1 Å². The number of fused-ring (bicyclic) bond motifs is 1. The molecule has 0 amide bonds. The number of thioether (sulfide) groups is 1. The Morgan fingerprint density at radius 2 is 1.77 bits per heavy atom. The lowest BCUT2D eigenvalue weighted by molar-refractivity contribution is 0.103. The van der Waals surface area contributed by atoms with E-state index in [9.17, 15) is 4.79 Å². The molecule has 0 saturated carbocycles. The first-order valence-electron chi connectivity index (χ1n) is 6.78. The number of ketones is 1. The first kappa shape index (κ1) is 14.3. The molecule has 3 nitrogen and oxygen atoms in total. The molecule has 0 spiro atoms. The molecule has 3 rings (SSSR count). The second-order valence-corrected chi connectivity index (χ2v) is 5.80. The number of para-hydroxylation sites is 1. The highest BCUT2D eigenvalue weighted by molar-refractivity contribution is 8.03. The average Bonchev–Trinajstić information content (AvgIpc) is 2.90. The van der Waals surface area contributed by atoms with Gasteiger partial charge in [-0.2, -0.15) is 0 Å². The summed E-state index contributed by atoms with van der Waals surface area (Å²) in [5, 5.41) is 0.813. The summed E-state index contributed by atoms with van der Waals surface area (Å²) in [6.45, 7) is 0. The van der Waals surface area contributed by atoms with Crippen LogP contribution in [0.2, 0.25) is 0 Å². The number of anilines is 1. The zero-order chi connectivity index (χ0) is 15.5. The highest BCUT2D eigenvalue weighted by Gasteiger charge is 2.27. The van der Waals surface area contributed by atoms with Gasteiger partial charge in [0.05, 0.1) is 10.7 Å². The zero-order valence-electron chi connectivity index (χ0n) is 12.0. The van der Waals surface area contributed by atoms with Crippen molar-refractivity contribution in [3.63, 3.8) is 0 Å². The summed E-state index contributed by atoms with van der Waals surface area (Å²) < 4.78 is 0. The van der Waals surface area contributed by atoms with Gasteiger partial charge in [-0.25, -0.2) is 0 Å². The molecule has 0 aliphatic carbocycles. The summed E-state index contributed by atoms with van der Waals surface area (Å²) in [5.41, 5.74) is 7.49. The Bertz CT molecular complexity index is 816.